The third kappa shape index (κ3) is 4.29. The summed E-state index contributed by atoms with van der Waals surface area (Å²) in [5, 5.41) is 0. The summed E-state index contributed by atoms with van der Waals surface area (Å²) in [5.74, 6) is 1.93. The largest absolute Gasteiger partial charge is 0.462 e. The first-order chi connectivity index (χ1) is 8.45. The molecule has 106 valence electrons. The standard InChI is InChI=1S/C16H30O2/c1-6-7-13(5)16(17)18-15-10-12(4)8-9-14(15)11(2)3/h11-15H,6-10H2,1-5H3/t12-,13?,14+,15-/m1/s1. The van der Waals surface area contributed by atoms with E-state index >= 15 is 0 Å². The molecule has 0 aromatic heterocycles. The number of carbonyl (C=O) groups is 1. The molecule has 0 heterocycles. The van der Waals surface area contributed by atoms with Crippen molar-refractivity contribution in [2.45, 2.75) is 72.8 Å². The van der Waals surface area contributed by atoms with Crippen LogP contribution in [-0.4, -0.2) is 12.1 Å². The van der Waals surface area contributed by atoms with E-state index in [1.807, 2.05) is 6.92 Å². The monoisotopic (exact) mass is 254 g/mol. The van der Waals surface area contributed by atoms with Crippen LogP contribution >= 0.6 is 0 Å². The van der Waals surface area contributed by atoms with Crippen molar-refractivity contribution in [2.75, 3.05) is 0 Å². The zero-order valence-electron chi connectivity index (χ0n) is 12.7. The number of esters is 1. The SMILES string of the molecule is CCCC(C)C(=O)O[C@@H]1C[C@H](C)CC[C@H]1C(C)C. The predicted molar refractivity (Wildman–Crippen MR) is 75.3 cm³/mol. The number of ether oxygens (including phenoxy) is 1. The van der Waals surface area contributed by atoms with E-state index in [4.69, 9.17) is 4.74 Å². The second-order valence-electron chi connectivity index (χ2n) is 6.49. The highest BCUT2D eigenvalue weighted by Crippen LogP contribution is 2.35. The molecule has 1 unspecified atom stereocenters. The van der Waals surface area contributed by atoms with Gasteiger partial charge in [-0.1, -0.05) is 47.5 Å². The van der Waals surface area contributed by atoms with Crippen LogP contribution in [0.2, 0.25) is 0 Å². The Balaban J connectivity index is 2.57. The number of rotatable bonds is 5. The molecule has 1 aliphatic carbocycles. The smallest absolute Gasteiger partial charge is 0.308 e. The van der Waals surface area contributed by atoms with E-state index in [0.29, 0.717) is 17.8 Å². The molecule has 1 aliphatic rings. The number of carbonyl (C=O) groups excluding carboxylic acids is 1. The lowest BCUT2D eigenvalue weighted by Gasteiger charge is -2.37. The van der Waals surface area contributed by atoms with E-state index in [9.17, 15) is 4.79 Å². The Morgan fingerprint density at radius 3 is 2.50 bits per heavy atom. The van der Waals surface area contributed by atoms with E-state index in [2.05, 4.69) is 27.7 Å². The van der Waals surface area contributed by atoms with Gasteiger partial charge >= 0.3 is 5.97 Å². The lowest BCUT2D eigenvalue weighted by molar-refractivity contribution is -0.160. The molecule has 0 aromatic carbocycles. The summed E-state index contributed by atoms with van der Waals surface area (Å²) in [7, 11) is 0. The quantitative estimate of drug-likeness (QED) is 0.679. The van der Waals surface area contributed by atoms with Gasteiger partial charge < -0.3 is 4.74 Å². The van der Waals surface area contributed by atoms with Crippen molar-refractivity contribution in [2.24, 2.45) is 23.7 Å². The van der Waals surface area contributed by atoms with E-state index in [1.54, 1.807) is 0 Å². The molecule has 1 rings (SSSR count). The van der Waals surface area contributed by atoms with Gasteiger partial charge in [0, 0.05) is 0 Å². The zero-order chi connectivity index (χ0) is 13.7. The van der Waals surface area contributed by atoms with Crippen molar-refractivity contribution >= 4 is 5.97 Å². The topological polar surface area (TPSA) is 26.3 Å². The number of hydrogen-bond acceptors (Lipinski definition) is 2. The van der Waals surface area contributed by atoms with Gasteiger partial charge in [0.1, 0.15) is 6.10 Å². The second-order valence-corrected chi connectivity index (χ2v) is 6.49. The average molecular weight is 254 g/mol. The second kappa shape index (κ2) is 7.16. The van der Waals surface area contributed by atoms with Crippen LogP contribution in [0, 0.1) is 23.7 Å². The molecule has 0 N–H and O–H groups in total. The van der Waals surface area contributed by atoms with Gasteiger partial charge in [-0.3, -0.25) is 4.79 Å². The first-order valence-electron chi connectivity index (χ1n) is 7.66. The number of hydrogen-bond donors (Lipinski definition) is 0. The Kier molecular flexibility index (Phi) is 6.17. The molecule has 1 fully saturated rings. The Hall–Kier alpha value is -0.530. The van der Waals surface area contributed by atoms with Crippen LogP contribution in [0.25, 0.3) is 0 Å². The Labute approximate surface area is 112 Å². The molecule has 0 saturated heterocycles. The van der Waals surface area contributed by atoms with Crippen LogP contribution < -0.4 is 0 Å². The minimum Gasteiger partial charge on any atom is -0.462 e. The molecule has 0 aliphatic heterocycles. The normalized spacial score (nSPS) is 30.2. The lowest BCUT2D eigenvalue weighted by Crippen LogP contribution is -2.37. The third-order valence-corrected chi connectivity index (χ3v) is 4.35. The first kappa shape index (κ1) is 15.5. The van der Waals surface area contributed by atoms with Crippen LogP contribution in [0.4, 0.5) is 0 Å². The summed E-state index contributed by atoms with van der Waals surface area (Å²) in [6.45, 7) is 10.9. The van der Waals surface area contributed by atoms with Gasteiger partial charge in [0.2, 0.25) is 0 Å². The average Bonchev–Trinajstić information content (AvgIpc) is 2.28. The highest BCUT2D eigenvalue weighted by molar-refractivity contribution is 5.72. The molecule has 18 heavy (non-hydrogen) atoms. The molecule has 1 saturated carbocycles. The van der Waals surface area contributed by atoms with Gasteiger partial charge in [-0.2, -0.15) is 0 Å². The van der Waals surface area contributed by atoms with Crippen molar-refractivity contribution in [1.82, 2.24) is 0 Å². The van der Waals surface area contributed by atoms with Crippen molar-refractivity contribution < 1.29 is 9.53 Å². The van der Waals surface area contributed by atoms with Gasteiger partial charge in [-0.05, 0) is 37.0 Å². The van der Waals surface area contributed by atoms with Crippen LogP contribution in [0.3, 0.4) is 0 Å². The molecule has 4 atom stereocenters. The lowest BCUT2D eigenvalue weighted by atomic mass is 9.75. The summed E-state index contributed by atoms with van der Waals surface area (Å²) in [5.41, 5.74) is 0. The van der Waals surface area contributed by atoms with E-state index in [-0.39, 0.29) is 18.0 Å². The van der Waals surface area contributed by atoms with Crippen molar-refractivity contribution in [3.05, 3.63) is 0 Å². The summed E-state index contributed by atoms with van der Waals surface area (Å²) >= 11 is 0. The summed E-state index contributed by atoms with van der Waals surface area (Å²) < 4.78 is 5.81. The van der Waals surface area contributed by atoms with E-state index < -0.39 is 0 Å². The Morgan fingerprint density at radius 1 is 1.28 bits per heavy atom. The molecule has 0 radical (unpaired) electrons. The molecule has 2 nitrogen and oxygen atoms in total. The van der Waals surface area contributed by atoms with Crippen molar-refractivity contribution in [1.29, 1.82) is 0 Å². The van der Waals surface area contributed by atoms with Gasteiger partial charge in [0.05, 0.1) is 5.92 Å². The van der Waals surface area contributed by atoms with Gasteiger partial charge in [0.15, 0.2) is 0 Å². The van der Waals surface area contributed by atoms with Crippen molar-refractivity contribution in [3.63, 3.8) is 0 Å². The van der Waals surface area contributed by atoms with E-state index in [1.165, 1.54) is 12.8 Å². The zero-order valence-corrected chi connectivity index (χ0v) is 12.7. The van der Waals surface area contributed by atoms with Crippen LogP contribution in [-0.2, 0) is 9.53 Å². The van der Waals surface area contributed by atoms with Gasteiger partial charge in [0.25, 0.3) is 0 Å². The molecular formula is C16H30O2. The Bertz CT molecular complexity index is 260. The maximum Gasteiger partial charge on any atom is 0.308 e. The molecule has 0 bridgehead atoms. The third-order valence-electron chi connectivity index (χ3n) is 4.35. The van der Waals surface area contributed by atoms with E-state index in [0.717, 1.165) is 19.3 Å². The highest BCUT2D eigenvalue weighted by atomic mass is 16.5. The summed E-state index contributed by atoms with van der Waals surface area (Å²) in [6.07, 6.45) is 5.67. The fraction of sp³-hybridized carbons (Fsp3) is 0.938. The van der Waals surface area contributed by atoms with Crippen LogP contribution in [0.5, 0.6) is 0 Å². The van der Waals surface area contributed by atoms with Gasteiger partial charge in [-0.25, -0.2) is 0 Å². The summed E-state index contributed by atoms with van der Waals surface area (Å²) in [6, 6.07) is 0. The fourth-order valence-electron chi connectivity index (χ4n) is 3.07. The highest BCUT2D eigenvalue weighted by Gasteiger charge is 2.34. The van der Waals surface area contributed by atoms with Crippen LogP contribution in [0.1, 0.15) is 66.7 Å². The van der Waals surface area contributed by atoms with Crippen LogP contribution in [0.15, 0.2) is 0 Å². The minimum absolute atomic E-state index is 0.0154. The summed E-state index contributed by atoms with van der Waals surface area (Å²) in [4.78, 5) is 12.1. The first-order valence-corrected chi connectivity index (χ1v) is 7.66. The molecule has 0 aromatic rings. The fourth-order valence-corrected chi connectivity index (χ4v) is 3.07. The van der Waals surface area contributed by atoms with Crippen molar-refractivity contribution in [3.8, 4) is 0 Å². The molecule has 0 spiro atoms. The van der Waals surface area contributed by atoms with Gasteiger partial charge in [-0.15, -0.1) is 0 Å². The minimum atomic E-state index is 0.0154. The molecule has 2 heteroatoms. The predicted octanol–water partition coefficient (Wildman–Crippen LogP) is 4.43. The Morgan fingerprint density at radius 2 is 1.94 bits per heavy atom. The molecule has 0 amide bonds. The maximum atomic E-state index is 12.1. The maximum absolute atomic E-state index is 12.1. The molecular weight excluding hydrogens is 224 g/mol.